The first kappa shape index (κ1) is 11.5. The summed E-state index contributed by atoms with van der Waals surface area (Å²) in [6, 6.07) is 10.1. The molecule has 0 N–H and O–H groups in total. The van der Waals surface area contributed by atoms with E-state index in [2.05, 4.69) is 17.1 Å². The fourth-order valence-corrected chi connectivity index (χ4v) is 2.75. The number of halogens is 1. The molecule has 1 heterocycles. The summed E-state index contributed by atoms with van der Waals surface area (Å²) in [6.07, 6.45) is 3.31. The maximum absolute atomic E-state index is 6.10. The zero-order valence-corrected chi connectivity index (χ0v) is 11.0. The highest BCUT2D eigenvalue weighted by atomic mass is 35.5. The van der Waals surface area contributed by atoms with Crippen LogP contribution in [0, 0.1) is 0 Å². The van der Waals surface area contributed by atoms with Gasteiger partial charge in [-0.25, -0.2) is 4.98 Å². The molecular formula is C15H14ClNO. The Labute approximate surface area is 112 Å². The van der Waals surface area contributed by atoms with Crippen molar-refractivity contribution in [3.05, 3.63) is 46.7 Å². The third kappa shape index (κ3) is 1.97. The zero-order valence-electron chi connectivity index (χ0n) is 10.2. The van der Waals surface area contributed by atoms with Gasteiger partial charge in [-0.3, -0.25) is 0 Å². The number of aromatic nitrogens is 1. The van der Waals surface area contributed by atoms with Crippen LogP contribution in [0.4, 0.5) is 0 Å². The third-order valence-electron chi connectivity index (χ3n) is 3.42. The summed E-state index contributed by atoms with van der Waals surface area (Å²) < 4.78 is 5.18. The van der Waals surface area contributed by atoms with Gasteiger partial charge in [-0.2, -0.15) is 0 Å². The molecule has 1 aliphatic rings. The Morgan fingerprint density at radius 3 is 2.67 bits per heavy atom. The third-order valence-corrected chi connectivity index (χ3v) is 3.61. The summed E-state index contributed by atoms with van der Waals surface area (Å²) in [4.78, 5) is 4.41. The van der Waals surface area contributed by atoms with E-state index in [0.717, 1.165) is 24.3 Å². The molecule has 0 radical (unpaired) electrons. The van der Waals surface area contributed by atoms with E-state index in [1.165, 1.54) is 23.1 Å². The fourth-order valence-electron chi connectivity index (χ4n) is 2.54. The fraction of sp³-hybridized carbons (Fsp3) is 0.267. The Hall–Kier alpha value is -1.54. The highest BCUT2D eigenvalue weighted by Crippen LogP contribution is 2.33. The predicted molar refractivity (Wildman–Crippen MR) is 73.3 cm³/mol. The second-order valence-electron chi connectivity index (χ2n) is 4.50. The summed E-state index contributed by atoms with van der Waals surface area (Å²) in [6.45, 7) is 0. The van der Waals surface area contributed by atoms with Gasteiger partial charge in [0.25, 0.3) is 0 Å². The molecule has 0 fully saturated rings. The summed E-state index contributed by atoms with van der Waals surface area (Å²) in [5.41, 5.74) is 4.90. The molecule has 0 amide bonds. The van der Waals surface area contributed by atoms with E-state index < -0.39 is 0 Å². The Morgan fingerprint density at radius 2 is 1.94 bits per heavy atom. The second kappa shape index (κ2) is 4.62. The van der Waals surface area contributed by atoms with Gasteiger partial charge in [0, 0.05) is 5.69 Å². The van der Waals surface area contributed by atoms with Gasteiger partial charge in [-0.05, 0) is 54.2 Å². The van der Waals surface area contributed by atoms with Crippen molar-refractivity contribution in [2.75, 3.05) is 7.11 Å². The average Bonchev–Trinajstić information content (AvgIpc) is 2.86. The van der Waals surface area contributed by atoms with Gasteiger partial charge in [0.05, 0.1) is 7.11 Å². The van der Waals surface area contributed by atoms with Crippen LogP contribution in [-0.4, -0.2) is 12.1 Å². The molecule has 0 atom stereocenters. The number of nitrogens with zero attached hydrogens (tertiary/aromatic N) is 1. The molecule has 3 rings (SSSR count). The van der Waals surface area contributed by atoms with Crippen molar-refractivity contribution in [3.8, 4) is 16.9 Å². The van der Waals surface area contributed by atoms with Gasteiger partial charge in [0.2, 0.25) is 0 Å². The van der Waals surface area contributed by atoms with Gasteiger partial charge < -0.3 is 4.74 Å². The molecule has 0 aliphatic heterocycles. The standard InChI is InChI=1S/C15H14ClNO/c1-18-11-7-5-10(6-8-11)13-9-15(16)17-14-4-2-3-12(13)14/h5-9H,2-4H2,1H3. The van der Waals surface area contributed by atoms with E-state index in [1.54, 1.807) is 7.11 Å². The predicted octanol–water partition coefficient (Wildman–Crippen LogP) is 3.90. The quantitative estimate of drug-likeness (QED) is 0.763. The first-order chi connectivity index (χ1) is 8.78. The molecule has 0 bridgehead atoms. The van der Waals surface area contributed by atoms with Crippen molar-refractivity contribution in [2.24, 2.45) is 0 Å². The van der Waals surface area contributed by atoms with Crippen LogP contribution in [0.3, 0.4) is 0 Å². The zero-order chi connectivity index (χ0) is 12.5. The molecular weight excluding hydrogens is 246 g/mol. The van der Waals surface area contributed by atoms with Crippen LogP contribution in [0.2, 0.25) is 5.15 Å². The van der Waals surface area contributed by atoms with Crippen LogP contribution in [0.1, 0.15) is 17.7 Å². The number of methoxy groups -OCH3 is 1. The Bertz CT molecular complexity index is 578. The molecule has 1 aromatic carbocycles. The van der Waals surface area contributed by atoms with Crippen LogP contribution in [-0.2, 0) is 12.8 Å². The smallest absolute Gasteiger partial charge is 0.129 e. The maximum Gasteiger partial charge on any atom is 0.129 e. The molecule has 1 aliphatic carbocycles. The van der Waals surface area contributed by atoms with Crippen LogP contribution in [0.25, 0.3) is 11.1 Å². The van der Waals surface area contributed by atoms with Crippen LogP contribution < -0.4 is 4.74 Å². The minimum Gasteiger partial charge on any atom is -0.497 e. The lowest BCUT2D eigenvalue weighted by molar-refractivity contribution is 0.415. The van der Waals surface area contributed by atoms with Gasteiger partial charge in [0.1, 0.15) is 10.9 Å². The van der Waals surface area contributed by atoms with E-state index in [4.69, 9.17) is 16.3 Å². The van der Waals surface area contributed by atoms with Gasteiger partial charge in [-0.15, -0.1) is 0 Å². The lowest BCUT2D eigenvalue weighted by atomic mass is 10.00. The van der Waals surface area contributed by atoms with E-state index in [-0.39, 0.29) is 0 Å². The van der Waals surface area contributed by atoms with Crippen molar-refractivity contribution in [1.29, 1.82) is 0 Å². The topological polar surface area (TPSA) is 22.1 Å². The monoisotopic (exact) mass is 259 g/mol. The summed E-state index contributed by atoms with van der Waals surface area (Å²) in [5, 5.41) is 0.585. The summed E-state index contributed by atoms with van der Waals surface area (Å²) in [5.74, 6) is 0.871. The maximum atomic E-state index is 6.10. The number of pyridine rings is 1. The summed E-state index contributed by atoms with van der Waals surface area (Å²) in [7, 11) is 1.68. The molecule has 0 spiro atoms. The molecule has 1 aromatic heterocycles. The first-order valence-electron chi connectivity index (χ1n) is 6.10. The van der Waals surface area contributed by atoms with Crippen molar-refractivity contribution in [3.63, 3.8) is 0 Å². The molecule has 92 valence electrons. The number of hydrogen-bond donors (Lipinski definition) is 0. The Kier molecular flexibility index (Phi) is 2.96. The molecule has 3 heteroatoms. The number of hydrogen-bond acceptors (Lipinski definition) is 2. The normalized spacial score (nSPS) is 13.4. The largest absolute Gasteiger partial charge is 0.497 e. The van der Waals surface area contributed by atoms with Crippen molar-refractivity contribution < 1.29 is 4.74 Å². The number of benzene rings is 1. The molecule has 0 saturated carbocycles. The molecule has 18 heavy (non-hydrogen) atoms. The van der Waals surface area contributed by atoms with Crippen molar-refractivity contribution >= 4 is 11.6 Å². The van der Waals surface area contributed by atoms with E-state index in [9.17, 15) is 0 Å². The molecule has 0 unspecified atom stereocenters. The number of ether oxygens (including phenoxy) is 1. The highest BCUT2D eigenvalue weighted by Gasteiger charge is 2.18. The van der Waals surface area contributed by atoms with Gasteiger partial charge in [-0.1, -0.05) is 23.7 Å². The molecule has 0 saturated heterocycles. The van der Waals surface area contributed by atoms with E-state index in [1.807, 2.05) is 18.2 Å². The van der Waals surface area contributed by atoms with E-state index >= 15 is 0 Å². The van der Waals surface area contributed by atoms with Crippen molar-refractivity contribution in [1.82, 2.24) is 4.98 Å². The van der Waals surface area contributed by atoms with Crippen LogP contribution in [0.15, 0.2) is 30.3 Å². The van der Waals surface area contributed by atoms with Crippen LogP contribution >= 0.6 is 11.6 Å². The lowest BCUT2D eigenvalue weighted by Crippen LogP contribution is -1.93. The highest BCUT2D eigenvalue weighted by molar-refractivity contribution is 6.29. The molecule has 2 aromatic rings. The minimum absolute atomic E-state index is 0.585. The average molecular weight is 260 g/mol. The SMILES string of the molecule is COc1ccc(-c2cc(Cl)nc3c2CCC3)cc1. The summed E-state index contributed by atoms with van der Waals surface area (Å²) >= 11 is 6.10. The van der Waals surface area contributed by atoms with E-state index in [0.29, 0.717) is 5.15 Å². The first-order valence-corrected chi connectivity index (χ1v) is 6.48. The second-order valence-corrected chi connectivity index (χ2v) is 4.89. The van der Waals surface area contributed by atoms with Gasteiger partial charge >= 0.3 is 0 Å². The van der Waals surface area contributed by atoms with Crippen LogP contribution in [0.5, 0.6) is 5.75 Å². The van der Waals surface area contributed by atoms with Gasteiger partial charge in [0.15, 0.2) is 0 Å². The lowest BCUT2D eigenvalue weighted by Gasteiger charge is -2.09. The number of fused-ring (bicyclic) bond motifs is 1. The van der Waals surface area contributed by atoms with Crippen molar-refractivity contribution in [2.45, 2.75) is 19.3 Å². The molecule has 2 nitrogen and oxygen atoms in total. The Balaban J connectivity index is 2.10. The Morgan fingerprint density at radius 1 is 1.17 bits per heavy atom. The number of aryl methyl sites for hydroxylation is 1. The number of rotatable bonds is 2. The minimum atomic E-state index is 0.585.